The van der Waals surface area contributed by atoms with E-state index < -0.39 is 0 Å². The molecular formula is C20H24N2. The number of hydrogen-bond acceptors (Lipinski definition) is 1. The Labute approximate surface area is 132 Å². The summed E-state index contributed by atoms with van der Waals surface area (Å²) in [7, 11) is 0. The molecule has 2 aromatic carbocycles. The zero-order valence-electron chi connectivity index (χ0n) is 13.5. The van der Waals surface area contributed by atoms with Crippen molar-refractivity contribution in [3.05, 3.63) is 54.1 Å². The summed E-state index contributed by atoms with van der Waals surface area (Å²) < 4.78 is 2.38. The van der Waals surface area contributed by atoms with Gasteiger partial charge >= 0.3 is 0 Å². The van der Waals surface area contributed by atoms with E-state index in [4.69, 9.17) is 4.98 Å². The SMILES string of the molecule is CCCCn1c(-c2ccccc2)nc2cc(CCC)ccc21. The van der Waals surface area contributed by atoms with Gasteiger partial charge in [0.1, 0.15) is 5.82 Å². The van der Waals surface area contributed by atoms with Crippen molar-refractivity contribution >= 4 is 11.0 Å². The van der Waals surface area contributed by atoms with Gasteiger partial charge in [0.25, 0.3) is 0 Å². The Hall–Kier alpha value is -2.09. The van der Waals surface area contributed by atoms with Gasteiger partial charge in [0, 0.05) is 12.1 Å². The number of imidazole rings is 1. The number of fused-ring (bicyclic) bond motifs is 1. The summed E-state index contributed by atoms with van der Waals surface area (Å²) in [5.74, 6) is 1.10. The first-order valence-electron chi connectivity index (χ1n) is 8.38. The molecule has 2 nitrogen and oxygen atoms in total. The summed E-state index contributed by atoms with van der Waals surface area (Å²) >= 11 is 0. The number of unbranched alkanes of at least 4 members (excludes halogenated alkanes) is 1. The van der Waals surface area contributed by atoms with Gasteiger partial charge in [0.15, 0.2) is 0 Å². The minimum absolute atomic E-state index is 1.03. The largest absolute Gasteiger partial charge is 0.324 e. The van der Waals surface area contributed by atoms with Gasteiger partial charge < -0.3 is 4.57 Å². The summed E-state index contributed by atoms with van der Waals surface area (Å²) in [4.78, 5) is 4.94. The zero-order chi connectivity index (χ0) is 15.4. The van der Waals surface area contributed by atoms with Crippen LogP contribution in [0.15, 0.2) is 48.5 Å². The Bertz CT molecular complexity index is 741. The quantitative estimate of drug-likeness (QED) is 0.590. The Balaban J connectivity index is 2.12. The predicted octanol–water partition coefficient (Wildman–Crippen LogP) is 5.46. The molecule has 0 saturated heterocycles. The van der Waals surface area contributed by atoms with Crippen LogP contribution in [-0.2, 0) is 13.0 Å². The normalized spacial score (nSPS) is 11.2. The second kappa shape index (κ2) is 6.78. The van der Waals surface area contributed by atoms with Crippen LogP contribution >= 0.6 is 0 Å². The summed E-state index contributed by atoms with van der Waals surface area (Å²) in [6.45, 7) is 5.49. The minimum atomic E-state index is 1.03. The highest BCUT2D eigenvalue weighted by atomic mass is 15.1. The molecular weight excluding hydrogens is 268 g/mol. The topological polar surface area (TPSA) is 17.8 Å². The standard InChI is InChI=1S/C20H24N2/c1-3-5-14-22-19-13-12-16(9-4-2)15-18(19)21-20(22)17-10-7-6-8-11-17/h6-8,10-13,15H,3-5,9,14H2,1-2H3. The van der Waals surface area contributed by atoms with E-state index in [9.17, 15) is 0 Å². The highest BCUT2D eigenvalue weighted by Crippen LogP contribution is 2.26. The van der Waals surface area contributed by atoms with Crippen LogP contribution in [0, 0.1) is 0 Å². The Kier molecular flexibility index (Phi) is 4.57. The minimum Gasteiger partial charge on any atom is -0.324 e. The molecule has 1 heterocycles. The van der Waals surface area contributed by atoms with Crippen LogP contribution in [0.2, 0.25) is 0 Å². The van der Waals surface area contributed by atoms with Crippen LogP contribution in [0.25, 0.3) is 22.4 Å². The first-order valence-corrected chi connectivity index (χ1v) is 8.38. The molecule has 0 radical (unpaired) electrons. The van der Waals surface area contributed by atoms with Crippen LogP contribution in [0.4, 0.5) is 0 Å². The maximum Gasteiger partial charge on any atom is 0.141 e. The maximum absolute atomic E-state index is 4.94. The molecule has 0 aliphatic heterocycles. The fourth-order valence-corrected chi connectivity index (χ4v) is 2.97. The number of hydrogen-bond donors (Lipinski definition) is 0. The van der Waals surface area contributed by atoms with Crippen molar-refractivity contribution in [2.75, 3.05) is 0 Å². The molecule has 3 rings (SSSR count). The van der Waals surface area contributed by atoms with Gasteiger partial charge in [-0.05, 0) is 30.5 Å². The lowest BCUT2D eigenvalue weighted by Crippen LogP contribution is -2.00. The van der Waals surface area contributed by atoms with E-state index in [1.54, 1.807) is 0 Å². The molecule has 2 heteroatoms. The monoisotopic (exact) mass is 292 g/mol. The molecule has 0 amide bonds. The third-order valence-electron chi connectivity index (χ3n) is 4.12. The average molecular weight is 292 g/mol. The van der Waals surface area contributed by atoms with E-state index in [2.05, 4.69) is 66.9 Å². The van der Waals surface area contributed by atoms with Crippen molar-refractivity contribution in [1.29, 1.82) is 0 Å². The smallest absolute Gasteiger partial charge is 0.141 e. The zero-order valence-corrected chi connectivity index (χ0v) is 13.5. The number of aromatic nitrogens is 2. The van der Waals surface area contributed by atoms with Gasteiger partial charge in [-0.15, -0.1) is 0 Å². The molecule has 1 aromatic heterocycles. The van der Waals surface area contributed by atoms with E-state index >= 15 is 0 Å². The number of benzene rings is 2. The summed E-state index contributed by atoms with van der Waals surface area (Å²) in [6.07, 6.45) is 4.68. The third kappa shape index (κ3) is 2.92. The second-order valence-electron chi connectivity index (χ2n) is 5.88. The van der Waals surface area contributed by atoms with Crippen molar-refractivity contribution in [2.24, 2.45) is 0 Å². The molecule has 0 unspecified atom stereocenters. The Morgan fingerprint density at radius 3 is 2.50 bits per heavy atom. The van der Waals surface area contributed by atoms with Crippen LogP contribution < -0.4 is 0 Å². The van der Waals surface area contributed by atoms with Gasteiger partial charge in [0.2, 0.25) is 0 Å². The van der Waals surface area contributed by atoms with Gasteiger partial charge in [-0.3, -0.25) is 0 Å². The molecule has 0 N–H and O–H groups in total. The van der Waals surface area contributed by atoms with Gasteiger partial charge in [-0.1, -0.05) is 63.1 Å². The molecule has 0 atom stereocenters. The first-order chi connectivity index (χ1) is 10.8. The van der Waals surface area contributed by atoms with Crippen LogP contribution in [0.3, 0.4) is 0 Å². The van der Waals surface area contributed by atoms with Crippen LogP contribution in [0.5, 0.6) is 0 Å². The molecule has 0 fully saturated rings. The first kappa shape index (κ1) is 14.8. The van der Waals surface area contributed by atoms with E-state index in [0.717, 1.165) is 24.3 Å². The molecule has 0 spiro atoms. The third-order valence-corrected chi connectivity index (χ3v) is 4.12. The van der Waals surface area contributed by atoms with Gasteiger partial charge in [0.05, 0.1) is 11.0 Å². The van der Waals surface area contributed by atoms with E-state index in [-0.39, 0.29) is 0 Å². The molecule has 22 heavy (non-hydrogen) atoms. The van der Waals surface area contributed by atoms with Crippen molar-refractivity contribution < 1.29 is 0 Å². The second-order valence-corrected chi connectivity index (χ2v) is 5.88. The van der Waals surface area contributed by atoms with Crippen molar-refractivity contribution in [3.8, 4) is 11.4 Å². The molecule has 0 saturated carbocycles. The van der Waals surface area contributed by atoms with E-state index in [1.807, 2.05) is 0 Å². The lowest BCUT2D eigenvalue weighted by Gasteiger charge is -2.08. The summed E-state index contributed by atoms with van der Waals surface area (Å²) in [5.41, 5.74) is 4.97. The van der Waals surface area contributed by atoms with Gasteiger partial charge in [-0.25, -0.2) is 4.98 Å². The van der Waals surface area contributed by atoms with Crippen LogP contribution in [-0.4, -0.2) is 9.55 Å². The van der Waals surface area contributed by atoms with Crippen molar-refractivity contribution in [2.45, 2.75) is 46.1 Å². The lowest BCUT2D eigenvalue weighted by molar-refractivity contribution is 0.651. The highest BCUT2D eigenvalue weighted by Gasteiger charge is 2.12. The van der Waals surface area contributed by atoms with E-state index in [0.29, 0.717) is 0 Å². The Morgan fingerprint density at radius 1 is 0.955 bits per heavy atom. The van der Waals surface area contributed by atoms with Crippen LogP contribution in [0.1, 0.15) is 38.7 Å². The van der Waals surface area contributed by atoms with E-state index in [1.165, 1.54) is 35.9 Å². The number of rotatable bonds is 6. The number of nitrogens with zero attached hydrogens (tertiary/aromatic N) is 2. The maximum atomic E-state index is 4.94. The molecule has 0 aliphatic rings. The lowest BCUT2D eigenvalue weighted by atomic mass is 10.1. The number of aryl methyl sites for hydroxylation is 2. The summed E-state index contributed by atoms with van der Waals surface area (Å²) in [5, 5.41) is 0. The van der Waals surface area contributed by atoms with Crippen molar-refractivity contribution in [3.63, 3.8) is 0 Å². The van der Waals surface area contributed by atoms with Crippen molar-refractivity contribution in [1.82, 2.24) is 9.55 Å². The fourth-order valence-electron chi connectivity index (χ4n) is 2.97. The molecule has 0 bridgehead atoms. The molecule has 3 aromatic rings. The predicted molar refractivity (Wildman–Crippen MR) is 94.1 cm³/mol. The Morgan fingerprint density at radius 2 is 1.77 bits per heavy atom. The fraction of sp³-hybridized carbons (Fsp3) is 0.350. The molecule has 0 aliphatic carbocycles. The van der Waals surface area contributed by atoms with Gasteiger partial charge in [-0.2, -0.15) is 0 Å². The summed E-state index contributed by atoms with van der Waals surface area (Å²) in [6, 6.07) is 17.3. The average Bonchev–Trinajstić information content (AvgIpc) is 2.92. The molecule has 114 valence electrons. The highest BCUT2D eigenvalue weighted by molar-refractivity contribution is 5.81.